The van der Waals surface area contributed by atoms with E-state index in [4.69, 9.17) is 4.74 Å². The molecule has 1 N–H and O–H groups in total. The first-order chi connectivity index (χ1) is 20.9. The molecule has 3 aromatic carbocycles. The number of thioether (sulfide) groups is 1. The Bertz CT molecular complexity index is 1830. The number of rotatable bonds is 10. The highest BCUT2D eigenvalue weighted by Crippen LogP contribution is 2.31. The number of carbonyl (C=O) groups excluding carboxylic acids is 1. The van der Waals surface area contributed by atoms with E-state index in [-0.39, 0.29) is 16.6 Å². The molecular weight excluding hydrogens is 605 g/mol. The van der Waals surface area contributed by atoms with Crippen LogP contribution in [0.15, 0.2) is 94.3 Å². The van der Waals surface area contributed by atoms with Gasteiger partial charge in [0.1, 0.15) is 5.75 Å². The third kappa shape index (κ3) is 6.34. The van der Waals surface area contributed by atoms with E-state index in [0.29, 0.717) is 34.8 Å². The Labute approximate surface area is 257 Å². The highest BCUT2D eigenvalue weighted by Gasteiger charge is 2.28. The minimum atomic E-state index is -3.60. The SMILES string of the molecule is COc1ccc(-c2csc(NC(=O)CSc3nnc(-c4cccc(S(=O)(=O)N5CCCC5)c4)n3-c3ccccc3)n2)cc1. The largest absolute Gasteiger partial charge is 0.497 e. The van der Waals surface area contributed by atoms with Crippen molar-refractivity contribution in [2.75, 3.05) is 31.3 Å². The van der Waals surface area contributed by atoms with Crippen LogP contribution in [0.2, 0.25) is 0 Å². The summed E-state index contributed by atoms with van der Waals surface area (Å²) < 4.78 is 35.1. The highest BCUT2D eigenvalue weighted by atomic mass is 32.2. The van der Waals surface area contributed by atoms with Gasteiger partial charge >= 0.3 is 0 Å². The van der Waals surface area contributed by atoms with Crippen molar-refractivity contribution in [3.8, 4) is 34.1 Å². The number of amides is 1. The molecule has 0 saturated carbocycles. The zero-order chi connectivity index (χ0) is 29.8. The van der Waals surface area contributed by atoms with Gasteiger partial charge < -0.3 is 10.1 Å². The predicted octanol–water partition coefficient (Wildman–Crippen LogP) is 5.58. The van der Waals surface area contributed by atoms with Crippen molar-refractivity contribution < 1.29 is 17.9 Å². The first-order valence-electron chi connectivity index (χ1n) is 13.6. The molecule has 220 valence electrons. The summed E-state index contributed by atoms with van der Waals surface area (Å²) in [7, 11) is -1.99. The molecule has 1 fully saturated rings. The molecule has 13 heteroatoms. The number of nitrogens with zero attached hydrogens (tertiary/aromatic N) is 5. The zero-order valence-corrected chi connectivity index (χ0v) is 25.7. The second-order valence-corrected chi connectivity index (χ2v) is 13.5. The lowest BCUT2D eigenvalue weighted by atomic mass is 10.2. The Balaban J connectivity index is 1.21. The molecule has 1 aliphatic rings. The smallest absolute Gasteiger partial charge is 0.243 e. The second-order valence-electron chi connectivity index (χ2n) is 9.72. The first-order valence-corrected chi connectivity index (χ1v) is 16.9. The minimum Gasteiger partial charge on any atom is -0.497 e. The number of thiazole rings is 1. The van der Waals surface area contributed by atoms with Gasteiger partial charge in [-0.05, 0) is 61.4 Å². The molecule has 43 heavy (non-hydrogen) atoms. The molecule has 0 atom stereocenters. The maximum atomic E-state index is 13.2. The first kappa shape index (κ1) is 29.1. The van der Waals surface area contributed by atoms with Gasteiger partial charge in [-0.25, -0.2) is 13.4 Å². The zero-order valence-electron chi connectivity index (χ0n) is 23.2. The highest BCUT2D eigenvalue weighted by molar-refractivity contribution is 7.99. The number of nitrogens with one attached hydrogen (secondary N) is 1. The normalized spacial score (nSPS) is 13.7. The Hall–Kier alpha value is -4.04. The van der Waals surface area contributed by atoms with Crippen LogP contribution in [0, 0.1) is 0 Å². The Kier molecular flexibility index (Phi) is 8.56. The number of ether oxygens (including phenoxy) is 1. The third-order valence-corrected chi connectivity index (χ3v) is 10.5. The average Bonchev–Trinajstić information content (AvgIpc) is 3.83. The van der Waals surface area contributed by atoms with Crippen molar-refractivity contribution in [3.63, 3.8) is 0 Å². The average molecular weight is 633 g/mol. The summed E-state index contributed by atoms with van der Waals surface area (Å²) in [5.41, 5.74) is 3.09. The fourth-order valence-electron chi connectivity index (χ4n) is 4.74. The van der Waals surface area contributed by atoms with E-state index in [1.165, 1.54) is 27.4 Å². The topological polar surface area (TPSA) is 119 Å². The van der Waals surface area contributed by atoms with Crippen LogP contribution in [0.3, 0.4) is 0 Å². The molecule has 10 nitrogen and oxygen atoms in total. The monoisotopic (exact) mass is 632 g/mol. The molecule has 0 bridgehead atoms. The summed E-state index contributed by atoms with van der Waals surface area (Å²) in [6.45, 7) is 1.05. The van der Waals surface area contributed by atoms with Crippen LogP contribution < -0.4 is 10.1 Å². The van der Waals surface area contributed by atoms with E-state index < -0.39 is 10.0 Å². The summed E-state index contributed by atoms with van der Waals surface area (Å²) in [6.07, 6.45) is 1.73. The van der Waals surface area contributed by atoms with Gasteiger partial charge in [0.2, 0.25) is 15.9 Å². The number of aromatic nitrogens is 4. The Morgan fingerprint density at radius 2 is 1.74 bits per heavy atom. The molecule has 0 unspecified atom stereocenters. The molecular formula is C30H28N6O4S3. The van der Waals surface area contributed by atoms with Crippen molar-refractivity contribution in [2.24, 2.45) is 0 Å². The molecule has 3 heterocycles. The van der Waals surface area contributed by atoms with Gasteiger partial charge in [-0.3, -0.25) is 9.36 Å². The van der Waals surface area contributed by atoms with Gasteiger partial charge in [0.15, 0.2) is 16.1 Å². The lowest BCUT2D eigenvalue weighted by Gasteiger charge is -2.16. The van der Waals surface area contributed by atoms with Gasteiger partial charge in [0, 0.05) is 35.3 Å². The quantitative estimate of drug-likeness (QED) is 0.198. The van der Waals surface area contributed by atoms with Crippen molar-refractivity contribution >= 4 is 44.2 Å². The Morgan fingerprint density at radius 1 is 0.977 bits per heavy atom. The number of sulfonamides is 1. The maximum Gasteiger partial charge on any atom is 0.243 e. The molecule has 5 aromatic rings. The summed E-state index contributed by atoms with van der Waals surface area (Å²) in [6, 6.07) is 23.9. The van der Waals surface area contributed by atoms with Crippen LogP contribution in [0.25, 0.3) is 28.3 Å². The van der Waals surface area contributed by atoms with Gasteiger partial charge in [0.25, 0.3) is 0 Å². The van der Waals surface area contributed by atoms with Crippen molar-refractivity contribution in [2.45, 2.75) is 22.9 Å². The fraction of sp³-hybridized carbons (Fsp3) is 0.200. The standard InChI is InChI=1S/C30H28N6O4S3/c1-40-24-14-12-21(13-15-24)26-19-41-29(31-26)32-27(37)20-42-30-34-33-28(36(30)23-9-3-2-4-10-23)22-8-7-11-25(18-22)43(38,39)35-16-5-6-17-35/h2-4,7-15,18-19H,5-6,16-17,20H2,1H3,(H,31,32,37). The van der Waals surface area contributed by atoms with Crippen LogP contribution in [0.4, 0.5) is 5.13 Å². The lowest BCUT2D eigenvalue weighted by molar-refractivity contribution is -0.113. The fourth-order valence-corrected chi connectivity index (χ4v) is 7.80. The van der Waals surface area contributed by atoms with E-state index in [1.54, 1.807) is 25.3 Å². The number of carbonyl (C=O) groups is 1. The lowest BCUT2D eigenvalue weighted by Crippen LogP contribution is -2.27. The van der Waals surface area contributed by atoms with Crippen molar-refractivity contribution in [3.05, 3.63) is 84.2 Å². The second kappa shape index (κ2) is 12.7. The molecule has 0 aliphatic carbocycles. The summed E-state index contributed by atoms with van der Waals surface area (Å²) >= 11 is 2.58. The van der Waals surface area contributed by atoms with E-state index >= 15 is 0 Å². The van der Waals surface area contributed by atoms with Crippen LogP contribution in [-0.2, 0) is 14.8 Å². The third-order valence-electron chi connectivity index (χ3n) is 6.91. The number of benzene rings is 3. The van der Waals surface area contributed by atoms with E-state index in [9.17, 15) is 13.2 Å². The summed E-state index contributed by atoms with van der Waals surface area (Å²) in [5, 5.41) is 14.6. The van der Waals surface area contributed by atoms with Gasteiger partial charge in [-0.15, -0.1) is 21.5 Å². The minimum absolute atomic E-state index is 0.0752. The molecule has 2 aromatic heterocycles. The molecule has 0 spiro atoms. The van der Waals surface area contributed by atoms with Gasteiger partial charge in [-0.1, -0.05) is 42.1 Å². The van der Waals surface area contributed by atoms with Crippen molar-refractivity contribution in [1.82, 2.24) is 24.1 Å². The summed E-state index contributed by atoms with van der Waals surface area (Å²) in [5.74, 6) is 1.09. The molecule has 1 aliphatic heterocycles. The van der Waals surface area contributed by atoms with E-state index in [2.05, 4.69) is 20.5 Å². The van der Waals surface area contributed by atoms with E-state index in [0.717, 1.165) is 35.5 Å². The van der Waals surface area contributed by atoms with Gasteiger partial charge in [-0.2, -0.15) is 4.31 Å². The molecule has 0 radical (unpaired) electrons. The van der Waals surface area contributed by atoms with Crippen molar-refractivity contribution in [1.29, 1.82) is 0 Å². The van der Waals surface area contributed by atoms with Gasteiger partial charge in [0.05, 0.1) is 23.5 Å². The molecule has 1 amide bonds. The Morgan fingerprint density at radius 3 is 2.49 bits per heavy atom. The molecule has 6 rings (SSSR count). The van der Waals surface area contributed by atoms with Crippen LogP contribution in [0.1, 0.15) is 12.8 Å². The number of hydrogen-bond donors (Lipinski definition) is 1. The summed E-state index contributed by atoms with van der Waals surface area (Å²) in [4.78, 5) is 17.7. The number of methoxy groups -OCH3 is 1. The van der Waals surface area contributed by atoms with E-state index in [1.807, 2.05) is 70.6 Å². The van der Waals surface area contributed by atoms with Crippen LogP contribution >= 0.6 is 23.1 Å². The van der Waals surface area contributed by atoms with Crippen LogP contribution in [-0.4, -0.2) is 64.3 Å². The maximum absolute atomic E-state index is 13.2. The number of anilines is 1. The van der Waals surface area contributed by atoms with Crippen LogP contribution in [0.5, 0.6) is 5.75 Å². The predicted molar refractivity (Wildman–Crippen MR) is 168 cm³/mol. The number of hydrogen-bond acceptors (Lipinski definition) is 9. The molecule has 1 saturated heterocycles. The number of para-hydroxylation sites is 1.